The lowest BCUT2D eigenvalue weighted by Gasteiger charge is -2.27. The Morgan fingerprint density at radius 1 is 1.39 bits per heavy atom. The zero-order valence-corrected chi connectivity index (χ0v) is 11.7. The zero-order chi connectivity index (χ0) is 12.4. The van der Waals surface area contributed by atoms with Crippen molar-refractivity contribution < 1.29 is 4.79 Å². The van der Waals surface area contributed by atoms with Crippen LogP contribution >= 0.6 is 12.4 Å². The van der Waals surface area contributed by atoms with Crippen LogP contribution in [0, 0.1) is 11.8 Å². The van der Waals surface area contributed by atoms with Crippen molar-refractivity contribution in [3.05, 3.63) is 30.3 Å². The van der Waals surface area contributed by atoms with E-state index in [2.05, 4.69) is 0 Å². The monoisotopic (exact) mass is 268 g/mol. The molecule has 1 aromatic rings. The van der Waals surface area contributed by atoms with E-state index < -0.39 is 0 Å². The summed E-state index contributed by atoms with van der Waals surface area (Å²) in [6.07, 6.45) is 0.950. The first-order valence-corrected chi connectivity index (χ1v) is 6.23. The van der Waals surface area contributed by atoms with Gasteiger partial charge in [-0.1, -0.05) is 18.2 Å². The molecular formula is C14H21ClN2O. The first-order chi connectivity index (χ1) is 8.15. The van der Waals surface area contributed by atoms with Gasteiger partial charge in [0.1, 0.15) is 0 Å². The lowest BCUT2D eigenvalue weighted by Crippen LogP contribution is -2.38. The third kappa shape index (κ3) is 3.03. The van der Waals surface area contributed by atoms with Crippen LogP contribution in [-0.4, -0.2) is 18.5 Å². The molecule has 2 N–H and O–H groups in total. The normalized spacial score (nSPS) is 21.3. The smallest absolute Gasteiger partial charge is 0.230 e. The quantitative estimate of drug-likeness (QED) is 0.912. The Bertz CT molecular complexity index is 394. The van der Waals surface area contributed by atoms with Crippen LogP contribution in [0.15, 0.2) is 30.3 Å². The molecule has 1 aromatic carbocycles. The standard InChI is InChI=1S/C14H20N2O.ClH/c1-10(2)16(12-6-4-3-5-7-12)14(17)13-8-11(13)9-15;/h3-7,10-11,13H,8-9,15H2,1-2H3;1H. The average Bonchev–Trinajstić information content (AvgIpc) is 3.09. The van der Waals surface area contributed by atoms with Gasteiger partial charge in [-0.05, 0) is 44.9 Å². The van der Waals surface area contributed by atoms with E-state index in [1.807, 2.05) is 49.1 Å². The minimum absolute atomic E-state index is 0. The van der Waals surface area contributed by atoms with Crippen molar-refractivity contribution >= 4 is 24.0 Å². The molecule has 1 amide bonds. The van der Waals surface area contributed by atoms with E-state index in [1.165, 1.54) is 0 Å². The van der Waals surface area contributed by atoms with Crippen LogP contribution in [0.4, 0.5) is 5.69 Å². The largest absolute Gasteiger partial charge is 0.330 e. The predicted molar refractivity (Wildman–Crippen MR) is 77.0 cm³/mol. The van der Waals surface area contributed by atoms with E-state index in [0.717, 1.165) is 12.1 Å². The minimum Gasteiger partial charge on any atom is -0.330 e. The summed E-state index contributed by atoms with van der Waals surface area (Å²) in [6, 6.07) is 10.0. The Balaban J connectivity index is 0.00000162. The van der Waals surface area contributed by atoms with Crippen LogP contribution in [0.5, 0.6) is 0 Å². The number of hydrogen-bond acceptors (Lipinski definition) is 2. The molecule has 1 aliphatic carbocycles. The number of halogens is 1. The SMILES string of the molecule is CC(C)N(C(=O)C1CC1CN)c1ccccc1.Cl. The average molecular weight is 269 g/mol. The van der Waals surface area contributed by atoms with Crippen molar-refractivity contribution in [2.24, 2.45) is 17.6 Å². The lowest BCUT2D eigenvalue weighted by molar-refractivity contribution is -0.120. The number of para-hydroxylation sites is 1. The van der Waals surface area contributed by atoms with Crippen molar-refractivity contribution in [3.8, 4) is 0 Å². The van der Waals surface area contributed by atoms with Crippen LogP contribution in [0.3, 0.4) is 0 Å². The molecule has 100 valence electrons. The molecule has 1 aliphatic rings. The molecule has 1 saturated carbocycles. The molecule has 2 rings (SSSR count). The van der Waals surface area contributed by atoms with Crippen molar-refractivity contribution in [1.82, 2.24) is 0 Å². The van der Waals surface area contributed by atoms with Gasteiger partial charge in [0.05, 0.1) is 0 Å². The summed E-state index contributed by atoms with van der Waals surface area (Å²) in [5.41, 5.74) is 6.59. The topological polar surface area (TPSA) is 46.3 Å². The molecule has 0 bridgehead atoms. The fourth-order valence-corrected chi connectivity index (χ4v) is 2.26. The number of rotatable bonds is 4. The van der Waals surface area contributed by atoms with Gasteiger partial charge >= 0.3 is 0 Å². The number of nitrogens with zero attached hydrogens (tertiary/aromatic N) is 1. The van der Waals surface area contributed by atoms with Gasteiger partial charge in [-0.3, -0.25) is 4.79 Å². The van der Waals surface area contributed by atoms with E-state index in [4.69, 9.17) is 5.73 Å². The predicted octanol–water partition coefficient (Wildman–Crippen LogP) is 2.44. The second kappa shape index (κ2) is 6.21. The molecule has 2 atom stereocenters. The maximum Gasteiger partial charge on any atom is 0.230 e. The zero-order valence-electron chi connectivity index (χ0n) is 10.9. The molecule has 18 heavy (non-hydrogen) atoms. The van der Waals surface area contributed by atoms with Gasteiger partial charge in [0.25, 0.3) is 0 Å². The molecule has 1 fully saturated rings. The van der Waals surface area contributed by atoms with Gasteiger partial charge < -0.3 is 10.6 Å². The highest BCUT2D eigenvalue weighted by atomic mass is 35.5. The Morgan fingerprint density at radius 2 is 2.00 bits per heavy atom. The van der Waals surface area contributed by atoms with E-state index >= 15 is 0 Å². The van der Waals surface area contributed by atoms with Crippen molar-refractivity contribution in [3.63, 3.8) is 0 Å². The van der Waals surface area contributed by atoms with Gasteiger partial charge in [-0.15, -0.1) is 12.4 Å². The number of nitrogens with two attached hydrogens (primary N) is 1. The maximum absolute atomic E-state index is 12.4. The van der Waals surface area contributed by atoms with Crippen LogP contribution in [0.25, 0.3) is 0 Å². The Hall–Kier alpha value is -1.06. The molecule has 0 saturated heterocycles. The van der Waals surface area contributed by atoms with E-state index in [-0.39, 0.29) is 30.3 Å². The molecule has 0 heterocycles. The summed E-state index contributed by atoms with van der Waals surface area (Å²) in [6.45, 7) is 4.71. The molecule has 0 spiro atoms. The maximum atomic E-state index is 12.4. The minimum atomic E-state index is 0. The highest BCUT2D eigenvalue weighted by molar-refractivity contribution is 5.97. The number of benzene rings is 1. The summed E-state index contributed by atoms with van der Waals surface area (Å²) < 4.78 is 0. The second-order valence-electron chi connectivity index (χ2n) is 4.98. The van der Waals surface area contributed by atoms with Gasteiger partial charge in [-0.25, -0.2) is 0 Å². The summed E-state index contributed by atoms with van der Waals surface area (Å²) >= 11 is 0. The van der Waals surface area contributed by atoms with E-state index in [1.54, 1.807) is 0 Å². The lowest BCUT2D eigenvalue weighted by atomic mass is 10.2. The van der Waals surface area contributed by atoms with Gasteiger partial charge in [0.2, 0.25) is 5.91 Å². The highest BCUT2D eigenvalue weighted by Crippen LogP contribution is 2.40. The Morgan fingerprint density at radius 3 is 2.44 bits per heavy atom. The Labute approximate surface area is 115 Å². The fraction of sp³-hybridized carbons (Fsp3) is 0.500. The van der Waals surface area contributed by atoms with E-state index in [9.17, 15) is 4.79 Å². The first kappa shape index (κ1) is 15.0. The molecule has 0 aliphatic heterocycles. The summed E-state index contributed by atoms with van der Waals surface area (Å²) in [4.78, 5) is 14.3. The van der Waals surface area contributed by atoms with Crippen molar-refractivity contribution in [2.45, 2.75) is 26.3 Å². The van der Waals surface area contributed by atoms with Crippen LogP contribution in [-0.2, 0) is 4.79 Å². The van der Waals surface area contributed by atoms with Crippen molar-refractivity contribution in [2.75, 3.05) is 11.4 Å². The third-order valence-corrected chi connectivity index (χ3v) is 3.33. The summed E-state index contributed by atoms with van der Waals surface area (Å²) in [5.74, 6) is 0.761. The molecule has 2 unspecified atom stereocenters. The Kier molecular flexibility index (Phi) is 5.17. The van der Waals surface area contributed by atoms with Crippen LogP contribution in [0.2, 0.25) is 0 Å². The first-order valence-electron chi connectivity index (χ1n) is 6.23. The third-order valence-electron chi connectivity index (χ3n) is 3.33. The number of carbonyl (C=O) groups is 1. The van der Waals surface area contributed by atoms with Crippen LogP contribution < -0.4 is 10.6 Å². The second-order valence-corrected chi connectivity index (χ2v) is 4.98. The van der Waals surface area contributed by atoms with Gasteiger partial charge in [0.15, 0.2) is 0 Å². The molecule has 0 radical (unpaired) electrons. The number of amides is 1. The summed E-state index contributed by atoms with van der Waals surface area (Å²) in [7, 11) is 0. The number of carbonyl (C=O) groups excluding carboxylic acids is 1. The molecule has 4 heteroatoms. The van der Waals surface area contributed by atoms with E-state index in [0.29, 0.717) is 12.5 Å². The molecule has 3 nitrogen and oxygen atoms in total. The fourth-order valence-electron chi connectivity index (χ4n) is 2.26. The van der Waals surface area contributed by atoms with Gasteiger partial charge in [0, 0.05) is 17.6 Å². The van der Waals surface area contributed by atoms with Gasteiger partial charge in [-0.2, -0.15) is 0 Å². The summed E-state index contributed by atoms with van der Waals surface area (Å²) in [5, 5.41) is 0. The number of hydrogen-bond donors (Lipinski definition) is 1. The van der Waals surface area contributed by atoms with Crippen LogP contribution in [0.1, 0.15) is 20.3 Å². The molecule has 0 aromatic heterocycles. The van der Waals surface area contributed by atoms with Crippen molar-refractivity contribution in [1.29, 1.82) is 0 Å². The number of anilines is 1. The highest BCUT2D eigenvalue weighted by Gasteiger charge is 2.44. The molecular weight excluding hydrogens is 248 g/mol.